The fraction of sp³-hybridized carbons (Fsp3) is 0.364. The molecular formula is C22H27N3O3. The SMILES string of the molecule is COC(=O)c1ccc(N2CCN(C(C)C(=O)Nc3ccccc3)C(C)C2)cc1. The molecule has 1 heterocycles. The summed E-state index contributed by atoms with van der Waals surface area (Å²) >= 11 is 0. The van der Waals surface area contributed by atoms with Crippen LogP contribution in [0, 0.1) is 0 Å². The van der Waals surface area contributed by atoms with Crippen LogP contribution >= 0.6 is 0 Å². The maximum absolute atomic E-state index is 12.6. The molecule has 1 aliphatic heterocycles. The topological polar surface area (TPSA) is 61.9 Å². The van der Waals surface area contributed by atoms with Gasteiger partial charge in [-0.1, -0.05) is 18.2 Å². The van der Waals surface area contributed by atoms with Crippen LogP contribution in [0.15, 0.2) is 54.6 Å². The maximum Gasteiger partial charge on any atom is 0.337 e. The maximum atomic E-state index is 12.6. The molecule has 0 radical (unpaired) electrons. The minimum atomic E-state index is -0.331. The number of hydrogen-bond acceptors (Lipinski definition) is 5. The Balaban J connectivity index is 1.60. The summed E-state index contributed by atoms with van der Waals surface area (Å²) in [6, 6.07) is 17.0. The number of benzene rings is 2. The van der Waals surface area contributed by atoms with Crippen LogP contribution in [0.5, 0.6) is 0 Å². The fourth-order valence-electron chi connectivity index (χ4n) is 3.63. The highest BCUT2D eigenvalue weighted by atomic mass is 16.5. The molecule has 2 aromatic rings. The van der Waals surface area contributed by atoms with E-state index < -0.39 is 0 Å². The predicted molar refractivity (Wildman–Crippen MR) is 111 cm³/mol. The van der Waals surface area contributed by atoms with Crippen molar-refractivity contribution in [3.05, 3.63) is 60.2 Å². The van der Waals surface area contributed by atoms with E-state index >= 15 is 0 Å². The first-order valence-electron chi connectivity index (χ1n) is 9.54. The van der Waals surface area contributed by atoms with Gasteiger partial charge in [0.1, 0.15) is 0 Å². The summed E-state index contributed by atoms with van der Waals surface area (Å²) in [5.74, 6) is -0.322. The Morgan fingerprint density at radius 2 is 1.75 bits per heavy atom. The molecule has 148 valence electrons. The number of hydrogen-bond donors (Lipinski definition) is 1. The van der Waals surface area contributed by atoms with Crippen LogP contribution in [-0.2, 0) is 9.53 Å². The smallest absolute Gasteiger partial charge is 0.337 e. The van der Waals surface area contributed by atoms with E-state index in [9.17, 15) is 9.59 Å². The first-order chi connectivity index (χ1) is 13.5. The Labute approximate surface area is 166 Å². The average Bonchev–Trinajstić information content (AvgIpc) is 2.73. The van der Waals surface area contributed by atoms with Crippen molar-refractivity contribution in [1.82, 2.24) is 4.90 Å². The molecule has 0 aliphatic carbocycles. The van der Waals surface area contributed by atoms with Crippen molar-refractivity contribution in [2.75, 3.05) is 37.0 Å². The second kappa shape index (κ2) is 8.89. The van der Waals surface area contributed by atoms with Crippen LogP contribution in [0.3, 0.4) is 0 Å². The Morgan fingerprint density at radius 3 is 2.36 bits per heavy atom. The van der Waals surface area contributed by atoms with Gasteiger partial charge in [-0.25, -0.2) is 4.79 Å². The van der Waals surface area contributed by atoms with E-state index in [1.54, 1.807) is 12.1 Å². The lowest BCUT2D eigenvalue weighted by molar-refractivity contribution is -0.121. The Kier molecular flexibility index (Phi) is 6.31. The molecule has 1 saturated heterocycles. The first-order valence-corrected chi connectivity index (χ1v) is 9.54. The number of methoxy groups -OCH3 is 1. The summed E-state index contributed by atoms with van der Waals surface area (Å²) in [6.07, 6.45) is 0. The van der Waals surface area contributed by atoms with Gasteiger partial charge in [0.15, 0.2) is 0 Å². The van der Waals surface area contributed by atoms with E-state index in [0.29, 0.717) is 5.56 Å². The largest absolute Gasteiger partial charge is 0.465 e. The number of anilines is 2. The van der Waals surface area contributed by atoms with E-state index in [1.165, 1.54) is 7.11 Å². The molecule has 0 bridgehead atoms. The quantitative estimate of drug-likeness (QED) is 0.807. The molecule has 2 aromatic carbocycles. The summed E-state index contributed by atoms with van der Waals surface area (Å²) in [6.45, 7) is 6.53. The summed E-state index contributed by atoms with van der Waals surface area (Å²) in [5, 5.41) is 2.99. The van der Waals surface area contributed by atoms with Gasteiger partial charge in [0.05, 0.1) is 18.7 Å². The van der Waals surface area contributed by atoms with Crippen molar-refractivity contribution in [2.45, 2.75) is 25.9 Å². The molecule has 1 aliphatic rings. The number of amides is 1. The fourth-order valence-corrected chi connectivity index (χ4v) is 3.63. The van der Waals surface area contributed by atoms with Crippen LogP contribution < -0.4 is 10.2 Å². The van der Waals surface area contributed by atoms with Crippen molar-refractivity contribution in [3.63, 3.8) is 0 Å². The summed E-state index contributed by atoms with van der Waals surface area (Å²) < 4.78 is 4.75. The second-order valence-electron chi connectivity index (χ2n) is 7.10. The van der Waals surface area contributed by atoms with Crippen molar-refractivity contribution in [1.29, 1.82) is 0 Å². The molecule has 6 heteroatoms. The summed E-state index contributed by atoms with van der Waals surface area (Å²) in [5.41, 5.74) is 2.43. The van der Waals surface area contributed by atoms with Crippen molar-refractivity contribution >= 4 is 23.3 Å². The average molecular weight is 381 g/mol. The third kappa shape index (κ3) is 4.51. The van der Waals surface area contributed by atoms with E-state index in [0.717, 1.165) is 31.0 Å². The third-order valence-corrected chi connectivity index (χ3v) is 5.25. The monoisotopic (exact) mass is 381 g/mol. The van der Waals surface area contributed by atoms with Gasteiger partial charge in [0.2, 0.25) is 5.91 Å². The van der Waals surface area contributed by atoms with Crippen LogP contribution in [0.25, 0.3) is 0 Å². The van der Waals surface area contributed by atoms with Gasteiger partial charge < -0.3 is 15.0 Å². The highest BCUT2D eigenvalue weighted by molar-refractivity contribution is 5.94. The normalized spacial score (nSPS) is 18.4. The Morgan fingerprint density at radius 1 is 1.07 bits per heavy atom. The molecule has 1 amide bonds. The van der Waals surface area contributed by atoms with Gasteiger partial charge in [0.25, 0.3) is 0 Å². The zero-order chi connectivity index (χ0) is 20.1. The molecule has 28 heavy (non-hydrogen) atoms. The van der Waals surface area contributed by atoms with E-state index in [4.69, 9.17) is 4.74 Å². The number of nitrogens with zero attached hydrogens (tertiary/aromatic N) is 2. The van der Waals surface area contributed by atoms with Crippen LogP contribution in [0.2, 0.25) is 0 Å². The standard InChI is InChI=1S/C22H27N3O3/c1-16-15-24(20-11-9-18(10-12-20)22(27)28-3)13-14-25(16)17(2)21(26)23-19-7-5-4-6-8-19/h4-12,16-17H,13-15H2,1-3H3,(H,23,26). The molecule has 1 N–H and O–H groups in total. The summed E-state index contributed by atoms with van der Waals surface area (Å²) in [7, 11) is 1.38. The number of rotatable bonds is 5. The van der Waals surface area contributed by atoms with Gasteiger partial charge in [0, 0.05) is 37.1 Å². The summed E-state index contributed by atoms with van der Waals surface area (Å²) in [4.78, 5) is 28.7. The Hall–Kier alpha value is -2.86. The number of esters is 1. The van der Waals surface area contributed by atoms with Gasteiger partial charge in [-0.05, 0) is 50.2 Å². The second-order valence-corrected chi connectivity index (χ2v) is 7.10. The molecule has 2 unspecified atom stereocenters. The molecule has 6 nitrogen and oxygen atoms in total. The zero-order valence-electron chi connectivity index (χ0n) is 16.6. The van der Waals surface area contributed by atoms with Crippen LogP contribution in [0.4, 0.5) is 11.4 Å². The Bertz CT molecular complexity index is 808. The van der Waals surface area contributed by atoms with Gasteiger partial charge in [-0.2, -0.15) is 0 Å². The number of carbonyl (C=O) groups is 2. The molecule has 0 saturated carbocycles. The number of nitrogens with one attached hydrogen (secondary N) is 1. The van der Waals surface area contributed by atoms with Gasteiger partial charge in [-0.3, -0.25) is 9.69 Å². The molecule has 0 spiro atoms. The molecule has 2 atom stereocenters. The lowest BCUT2D eigenvalue weighted by Crippen LogP contribution is -2.57. The number of carbonyl (C=O) groups excluding carboxylic acids is 2. The zero-order valence-corrected chi connectivity index (χ0v) is 16.6. The minimum Gasteiger partial charge on any atom is -0.465 e. The van der Waals surface area contributed by atoms with Crippen molar-refractivity contribution in [3.8, 4) is 0 Å². The van der Waals surface area contributed by atoms with E-state index in [2.05, 4.69) is 22.0 Å². The van der Waals surface area contributed by atoms with E-state index in [1.807, 2.05) is 49.4 Å². The molecular weight excluding hydrogens is 354 g/mol. The van der Waals surface area contributed by atoms with Crippen molar-refractivity contribution < 1.29 is 14.3 Å². The molecule has 1 fully saturated rings. The lowest BCUT2D eigenvalue weighted by Gasteiger charge is -2.43. The first kappa shape index (κ1) is 19.9. The lowest BCUT2D eigenvalue weighted by atomic mass is 10.1. The number of piperazine rings is 1. The molecule has 0 aromatic heterocycles. The number of para-hydroxylation sites is 1. The third-order valence-electron chi connectivity index (χ3n) is 5.25. The van der Waals surface area contributed by atoms with Gasteiger partial charge in [-0.15, -0.1) is 0 Å². The van der Waals surface area contributed by atoms with Gasteiger partial charge >= 0.3 is 5.97 Å². The number of ether oxygens (including phenoxy) is 1. The van der Waals surface area contributed by atoms with Crippen LogP contribution in [0.1, 0.15) is 24.2 Å². The molecule has 3 rings (SSSR count). The predicted octanol–water partition coefficient (Wildman–Crippen LogP) is 3.01. The van der Waals surface area contributed by atoms with Crippen molar-refractivity contribution in [2.24, 2.45) is 0 Å². The van der Waals surface area contributed by atoms with E-state index in [-0.39, 0.29) is 24.0 Å². The highest BCUT2D eigenvalue weighted by Crippen LogP contribution is 2.22. The highest BCUT2D eigenvalue weighted by Gasteiger charge is 2.30. The minimum absolute atomic E-state index is 0.00827. The van der Waals surface area contributed by atoms with Crippen LogP contribution in [-0.4, -0.2) is 55.6 Å².